The Kier molecular flexibility index (Phi) is 5.09. The van der Waals surface area contributed by atoms with E-state index in [1.807, 2.05) is 11.8 Å². The van der Waals surface area contributed by atoms with Crippen molar-refractivity contribution >= 4 is 11.8 Å². The van der Waals surface area contributed by atoms with Crippen LogP contribution in [0.4, 0.5) is 0 Å². The maximum absolute atomic E-state index is 5.48. The molecule has 22 heavy (non-hydrogen) atoms. The summed E-state index contributed by atoms with van der Waals surface area (Å²) in [5, 5.41) is 14.3. The summed E-state index contributed by atoms with van der Waals surface area (Å²) in [5.74, 6) is 4.63. The molecule has 1 atom stereocenters. The van der Waals surface area contributed by atoms with Crippen molar-refractivity contribution in [3.63, 3.8) is 0 Å². The zero-order chi connectivity index (χ0) is 15.4. The molecule has 2 aromatic rings. The standard InChI is InChI=1S/C14H22N6OS/c1-9(2)7-11(17-10-3-5-22-6-4-10)14-18-13(20-21-14)12-15-8-16-19-12/h8-11,17H,3-7H2,1-2H3,(H,15,16,19)/t11-/m1/s1. The zero-order valence-corrected chi connectivity index (χ0v) is 13.8. The number of hydrogen-bond acceptors (Lipinski definition) is 7. The maximum atomic E-state index is 5.48. The maximum Gasteiger partial charge on any atom is 0.244 e. The molecule has 1 aliphatic heterocycles. The highest BCUT2D eigenvalue weighted by Crippen LogP contribution is 2.25. The molecule has 0 amide bonds. The van der Waals surface area contributed by atoms with Crippen molar-refractivity contribution in [2.75, 3.05) is 11.5 Å². The third-order valence-electron chi connectivity index (χ3n) is 3.73. The van der Waals surface area contributed by atoms with Crippen LogP contribution in [0.3, 0.4) is 0 Å². The predicted molar refractivity (Wildman–Crippen MR) is 85.4 cm³/mol. The largest absolute Gasteiger partial charge is 0.337 e. The van der Waals surface area contributed by atoms with E-state index in [0.29, 0.717) is 29.5 Å². The van der Waals surface area contributed by atoms with Crippen LogP contribution in [0.15, 0.2) is 10.9 Å². The van der Waals surface area contributed by atoms with E-state index in [2.05, 4.69) is 44.5 Å². The van der Waals surface area contributed by atoms with Crippen LogP contribution < -0.4 is 5.32 Å². The third-order valence-corrected chi connectivity index (χ3v) is 4.78. The second-order valence-electron chi connectivity index (χ2n) is 6.03. The van der Waals surface area contributed by atoms with Crippen molar-refractivity contribution in [2.24, 2.45) is 5.92 Å². The molecule has 0 aromatic carbocycles. The minimum Gasteiger partial charge on any atom is -0.337 e. The summed E-state index contributed by atoms with van der Waals surface area (Å²) >= 11 is 2.03. The van der Waals surface area contributed by atoms with E-state index in [0.717, 1.165) is 6.42 Å². The minimum atomic E-state index is 0.0947. The first-order chi connectivity index (χ1) is 10.7. The molecule has 2 N–H and O–H groups in total. The van der Waals surface area contributed by atoms with Crippen LogP contribution in [0.5, 0.6) is 0 Å². The number of thioether (sulfide) groups is 1. The van der Waals surface area contributed by atoms with Crippen LogP contribution >= 0.6 is 11.8 Å². The fraction of sp³-hybridized carbons (Fsp3) is 0.714. The lowest BCUT2D eigenvalue weighted by molar-refractivity contribution is 0.280. The van der Waals surface area contributed by atoms with Crippen molar-refractivity contribution < 1.29 is 4.52 Å². The molecular weight excluding hydrogens is 300 g/mol. The van der Waals surface area contributed by atoms with Crippen molar-refractivity contribution in [2.45, 2.75) is 45.2 Å². The summed E-state index contributed by atoms with van der Waals surface area (Å²) in [6.45, 7) is 4.41. The second-order valence-corrected chi connectivity index (χ2v) is 7.25. The Hall–Kier alpha value is -1.41. The molecule has 0 bridgehead atoms. The zero-order valence-electron chi connectivity index (χ0n) is 13.0. The van der Waals surface area contributed by atoms with Gasteiger partial charge in [-0.05, 0) is 36.7 Å². The van der Waals surface area contributed by atoms with E-state index in [1.165, 1.54) is 30.7 Å². The van der Waals surface area contributed by atoms with Crippen LogP contribution in [0.1, 0.15) is 45.0 Å². The first-order valence-corrected chi connectivity index (χ1v) is 8.91. The normalized spacial score (nSPS) is 18.0. The lowest BCUT2D eigenvalue weighted by atomic mass is 10.0. The molecule has 3 heterocycles. The van der Waals surface area contributed by atoms with Crippen molar-refractivity contribution in [1.29, 1.82) is 0 Å². The van der Waals surface area contributed by atoms with Crippen LogP contribution in [0.25, 0.3) is 11.6 Å². The molecule has 0 aliphatic carbocycles. The summed E-state index contributed by atoms with van der Waals surface area (Å²) in [7, 11) is 0. The molecular formula is C14H22N6OS. The molecule has 3 rings (SSSR count). The lowest BCUT2D eigenvalue weighted by Gasteiger charge is -2.27. The number of nitrogens with one attached hydrogen (secondary N) is 2. The van der Waals surface area contributed by atoms with Gasteiger partial charge in [0.15, 0.2) is 5.82 Å². The number of hydrogen-bond donors (Lipinski definition) is 2. The summed E-state index contributed by atoms with van der Waals surface area (Å²) < 4.78 is 5.48. The fourth-order valence-electron chi connectivity index (χ4n) is 2.65. The predicted octanol–water partition coefficient (Wildman–Crippen LogP) is 2.43. The van der Waals surface area contributed by atoms with E-state index >= 15 is 0 Å². The Labute approximate surface area is 134 Å². The van der Waals surface area contributed by atoms with E-state index in [9.17, 15) is 0 Å². The van der Waals surface area contributed by atoms with Crippen molar-refractivity contribution in [1.82, 2.24) is 30.6 Å². The molecule has 7 nitrogen and oxygen atoms in total. The van der Waals surface area contributed by atoms with Gasteiger partial charge in [0.1, 0.15) is 6.33 Å². The van der Waals surface area contributed by atoms with Crippen LogP contribution in [0, 0.1) is 5.92 Å². The summed E-state index contributed by atoms with van der Waals surface area (Å²) in [5.41, 5.74) is 0. The second kappa shape index (κ2) is 7.23. The van der Waals surface area contributed by atoms with Gasteiger partial charge in [0.2, 0.25) is 11.7 Å². The van der Waals surface area contributed by atoms with Crippen molar-refractivity contribution in [3.05, 3.63) is 12.2 Å². The summed E-state index contributed by atoms with van der Waals surface area (Å²) in [6, 6.07) is 0.628. The molecule has 0 spiro atoms. The van der Waals surface area contributed by atoms with Gasteiger partial charge in [-0.15, -0.1) is 0 Å². The van der Waals surface area contributed by atoms with Gasteiger partial charge in [0.25, 0.3) is 0 Å². The molecule has 0 saturated carbocycles. The van der Waals surface area contributed by atoms with Gasteiger partial charge >= 0.3 is 0 Å². The van der Waals surface area contributed by atoms with Gasteiger partial charge in [0, 0.05) is 6.04 Å². The highest BCUT2D eigenvalue weighted by molar-refractivity contribution is 7.99. The average Bonchev–Trinajstić information content (AvgIpc) is 3.18. The highest BCUT2D eigenvalue weighted by Gasteiger charge is 2.25. The third kappa shape index (κ3) is 3.86. The van der Waals surface area contributed by atoms with Gasteiger partial charge in [-0.2, -0.15) is 21.8 Å². The van der Waals surface area contributed by atoms with E-state index in [1.54, 1.807) is 0 Å². The first-order valence-electron chi connectivity index (χ1n) is 7.75. The van der Waals surface area contributed by atoms with Gasteiger partial charge in [-0.1, -0.05) is 19.0 Å². The lowest BCUT2D eigenvalue weighted by Crippen LogP contribution is -2.36. The molecule has 0 radical (unpaired) electrons. The Bertz CT molecular complexity index is 564. The van der Waals surface area contributed by atoms with Crippen molar-refractivity contribution in [3.8, 4) is 11.6 Å². The molecule has 2 aromatic heterocycles. The summed E-state index contributed by atoms with van der Waals surface area (Å²) in [4.78, 5) is 8.55. The number of nitrogens with zero attached hydrogens (tertiary/aromatic N) is 4. The smallest absolute Gasteiger partial charge is 0.244 e. The highest BCUT2D eigenvalue weighted by atomic mass is 32.2. The Morgan fingerprint density at radius 3 is 2.91 bits per heavy atom. The topological polar surface area (TPSA) is 92.5 Å². The summed E-state index contributed by atoms with van der Waals surface area (Å²) in [6.07, 6.45) is 4.81. The van der Waals surface area contributed by atoms with Crippen LogP contribution in [0.2, 0.25) is 0 Å². The molecule has 120 valence electrons. The van der Waals surface area contributed by atoms with Gasteiger partial charge in [-0.3, -0.25) is 5.10 Å². The number of aromatic nitrogens is 5. The monoisotopic (exact) mass is 322 g/mol. The molecule has 8 heteroatoms. The average molecular weight is 322 g/mol. The minimum absolute atomic E-state index is 0.0947. The van der Waals surface area contributed by atoms with Gasteiger partial charge in [-0.25, -0.2) is 4.98 Å². The Balaban J connectivity index is 1.73. The van der Waals surface area contributed by atoms with E-state index < -0.39 is 0 Å². The molecule has 1 saturated heterocycles. The number of H-pyrrole nitrogens is 1. The van der Waals surface area contributed by atoms with Crippen LogP contribution in [-0.2, 0) is 0 Å². The number of aromatic amines is 1. The fourth-order valence-corrected chi connectivity index (χ4v) is 3.75. The molecule has 1 aliphatic rings. The van der Waals surface area contributed by atoms with E-state index in [-0.39, 0.29) is 6.04 Å². The SMILES string of the molecule is CC(C)C[C@@H](NC1CCSCC1)c1nc(-c2ncn[nH]2)no1. The number of rotatable bonds is 6. The first kappa shape index (κ1) is 15.5. The Morgan fingerprint density at radius 1 is 1.41 bits per heavy atom. The Morgan fingerprint density at radius 2 is 2.23 bits per heavy atom. The molecule has 1 fully saturated rings. The quantitative estimate of drug-likeness (QED) is 0.843. The van der Waals surface area contributed by atoms with Gasteiger partial charge < -0.3 is 9.84 Å². The molecule has 0 unspecified atom stereocenters. The van der Waals surface area contributed by atoms with E-state index in [4.69, 9.17) is 4.52 Å². The van der Waals surface area contributed by atoms with Crippen LogP contribution in [-0.4, -0.2) is 42.9 Å². The van der Waals surface area contributed by atoms with Gasteiger partial charge in [0.05, 0.1) is 6.04 Å².